The second-order valence-electron chi connectivity index (χ2n) is 5.68. The van der Waals surface area contributed by atoms with Crippen LogP contribution in [0, 0.1) is 11.3 Å². The molecule has 0 bridgehead atoms. The van der Waals surface area contributed by atoms with Crippen molar-refractivity contribution in [3.8, 4) is 0 Å². The Kier molecular flexibility index (Phi) is 3.85. The molecule has 1 saturated carbocycles. The summed E-state index contributed by atoms with van der Waals surface area (Å²) in [5, 5.41) is 6.38. The second-order valence-corrected chi connectivity index (χ2v) is 5.68. The third-order valence-electron chi connectivity index (χ3n) is 4.23. The fraction of sp³-hybridized carbons (Fsp3) is 0.923. The van der Waals surface area contributed by atoms with Crippen molar-refractivity contribution in [2.24, 2.45) is 11.3 Å². The summed E-state index contributed by atoms with van der Waals surface area (Å²) in [6.45, 7) is 4.76. The molecule has 1 heterocycles. The molecule has 2 rings (SSSR count). The molecule has 1 saturated heterocycles. The van der Waals surface area contributed by atoms with Crippen molar-refractivity contribution < 1.29 is 4.79 Å². The highest BCUT2D eigenvalue weighted by atomic mass is 16.2. The lowest BCUT2D eigenvalue weighted by Crippen LogP contribution is -2.41. The van der Waals surface area contributed by atoms with E-state index in [0.717, 1.165) is 32.0 Å². The van der Waals surface area contributed by atoms with Crippen LogP contribution in [0.25, 0.3) is 0 Å². The second kappa shape index (κ2) is 5.17. The van der Waals surface area contributed by atoms with Gasteiger partial charge in [-0.2, -0.15) is 0 Å². The molecule has 0 radical (unpaired) electrons. The Morgan fingerprint density at radius 2 is 2.19 bits per heavy atom. The topological polar surface area (TPSA) is 41.1 Å². The molecule has 1 aliphatic carbocycles. The van der Waals surface area contributed by atoms with E-state index in [9.17, 15) is 4.79 Å². The van der Waals surface area contributed by atoms with E-state index < -0.39 is 0 Å². The third-order valence-corrected chi connectivity index (χ3v) is 4.23. The van der Waals surface area contributed by atoms with Gasteiger partial charge in [-0.25, -0.2) is 0 Å². The minimum Gasteiger partial charge on any atom is -0.356 e. The van der Waals surface area contributed by atoms with Crippen LogP contribution in [0.1, 0.15) is 45.4 Å². The molecule has 2 aliphatic rings. The van der Waals surface area contributed by atoms with Gasteiger partial charge in [-0.15, -0.1) is 0 Å². The number of hydrogen-bond acceptors (Lipinski definition) is 2. The van der Waals surface area contributed by atoms with Gasteiger partial charge >= 0.3 is 0 Å². The van der Waals surface area contributed by atoms with E-state index in [1.807, 2.05) is 0 Å². The predicted octanol–water partition coefficient (Wildman–Crippen LogP) is 1.68. The van der Waals surface area contributed by atoms with Crippen LogP contribution in [-0.2, 0) is 4.79 Å². The van der Waals surface area contributed by atoms with Crippen molar-refractivity contribution >= 4 is 5.91 Å². The summed E-state index contributed by atoms with van der Waals surface area (Å²) in [6, 6.07) is 0. The lowest BCUT2D eigenvalue weighted by Gasteiger charge is -2.22. The van der Waals surface area contributed by atoms with Crippen molar-refractivity contribution in [1.82, 2.24) is 10.6 Å². The number of amides is 1. The highest BCUT2D eigenvalue weighted by Crippen LogP contribution is 2.27. The molecule has 0 aromatic heterocycles. The van der Waals surface area contributed by atoms with Gasteiger partial charge in [0.1, 0.15) is 0 Å². The van der Waals surface area contributed by atoms with E-state index in [1.54, 1.807) is 0 Å². The zero-order valence-electron chi connectivity index (χ0n) is 10.3. The molecule has 16 heavy (non-hydrogen) atoms. The van der Waals surface area contributed by atoms with Crippen LogP contribution < -0.4 is 10.6 Å². The van der Waals surface area contributed by atoms with E-state index in [0.29, 0.717) is 0 Å². The van der Waals surface area contributed by atoms with Gasteiger partial charge in [-0.1, -0.05) is 25.7 Å². The maximum Gasteiger partial charge on any atom is 0.227 e. The molecule has 92 valence electrons. The minimum atomic E-state index is -0.157. The highest BCUT2D eigenvalue weighted by Gasteiger charge is 2.35. The van der Waals surface area contributed by atoms with Crippen molar-refractivity contribution in [2.45, 2.75) is 45.4 Å². The van der Waals surface area contributed by atoms with Crippen molar-refractivity contribution in [1.29, 1.82) is 0 Å². The first-order chi connectivity index (χ1) is 7.71. The molecule has 1 aliphatic heterocycles. The Labute approximate surface area is 98.4 Å². The molecular weight excluding hydrogens is 200 g/mol. The van der Waals surface area contributed by atoms with E-state index in [4.69, 9.17) is 0 Å². The molecular formula is C13H24N2O. The molecule has 0 aromatic rings. The zero-order valence-corrected chi connectivity index (χ0v) is 10.3. The van der Waals surface area contributed by atoms with E-state index >= 15 is 0 Å². The maximum atomic E-state index is 12.0. The summed E-state index contributed by atoms with van der Waals surface area (Å²) in [5.41, 5.74) is -0.157. The monoisotopic (exact) mass is 224 g/mol. The molecule has 1 atom stereocenters. The quantitative estimate of drug-likeness (QED) is 0.763. The largest absolute Gasteiger partial charge is 0.356 e. The summed E-state index contributed by atoms with van der Waals surface area (Å²) >= 11 is 0. The molecule has 1 amide bonds. The first-order valence-corrected chi connectivity index (χ1v) is 6.70. The Hall–Kier alpha value is -0.570. The zero-order chi connectivity index (χ0) is 11.4. The number of nitrogens with one attached hydrogen (secondary N) is 2. The minimum absolute atomic E-state index is 0.157. The maximum absolute atomic E-state index is 12.0. The Morgan fingerprint density at radius 3 is 2.81 bits per heavy atom. The van der Waals surface area contributed by atoms with Crippen molar-refractivity contribution in [3.05, 3.63) is 0 Å². The molecule has 0 aromatic carbocycles. The first kappa shape index (κ1) is 11.9. The van der Waals surface area contributed by atoms with Gasteiger partial charge in [0.05, 0.1) is 5.41 Å². The molecule has 1 unspecified atom stereocenters. The summed E-state index contributed by atoms with van der Waals surface area (Å²) in [5.74, 6) is 1.12. The summed E-state index contributed by atoms with van der Waals surface area (Å²) in [6.07, 6.45) is 7.67. The average molecular weight is 224 g/mol. The van der Waals surface area contributed by atoms with Crippen LogP contribution in [0.5, 0.6) is 0 Å². The van der Waals surface area contributed by atoms with Gasteiger partial charge in [-0.05, 0) is 32.2 Å². The van der Waals surface area contributed by atoms with Gasteiger partial charge in [0.2, 0.25) is 5.91 Å². The molecule has 0 spiro atoms. The van der Waals surface area contributed by atoms with Gasteiger partial charge in [-0.3, -0.25) is 4.79 Å². The number of hydrogen-bond donors (Lipinski definition) is 2. The SMILES string of the molecule is CC1(C(=O)NCCC2CCCC2)CCNC1. The van der Waals surface area contributed by atoms with Gasteiger partial charge in [0.15, 0.2) is 0 Å². The lowest BCUT2D eigenvalue weighted by atomic mass is 9.88. The first-order valence-electron chi connectivity index (χ1n) is 6.70. The lowest BCUT2D eigenvalue weighted by molar-refractivity contribution is -0.129. The van der Waals surface area contributed by atoms with Crippen molar-refractivity contribution in [2.75, 3.05) is 19.6 Å². The van der Waals surface area contributed by atoms with Gasteiger partial charge in [0, 0.05) is 13.1 Å². The fourth-order valence-corrected chi connectivity index (χ4v) is 2.91. The van der Waals surface area contributed by atoms with Crippen LogP contribution >= 0.6 is 0 Å². The third kappa shape index (κ3) is 2.76. The summed E-state index contributed by atoms with van der Waals surface area (Å²) in [4.78, 5) is 12.0. The smallest absolute Gasteiger partial charge is 0.227 e. The summed E-state index contributed by atoms with van der Waals surface area (Å²) in [7, 11) is 0. The molecule has 2 fully saturated rings. The Balaban J connectivity index is 1.67. The highest BCUT2D eigenvalue weighted by molar-refractivity contribution is 5.82. The van der Waals surface area contributed by atoms with Crippen LogP contribution in [0.3, 0.4) is 0 Å². The van der Waals surface area contributed by atoms with E-state index in [2.05, 4.69) is 17.6 Å². The van der Waals surface area contributed by atoms with Crippen LogP contribution in [0.15, 0.2) is 0 Å². The molecule has 3 heteroatoms. The van der Waals surface area contributed by atoms with E-state index in [1.165, 1.54) is 32.1 Å². The van der Waals surface area contributed by atoms with Crippen LogP contribution in [-0.4, -0.2) is 25.5 Å². The van der Waals surface area contributed by atoms with Gasteiger partial charge < -0.3 is 10.6 Å². The normalized spacial score (nSPS) is 30.8. The number of carbonyl (C=O) groups is 1. The fourth-order valence-electron chi connectivity index (χ4n) is 2.91. The van der Waals surface area contributed by atoms with Gasteiger partial charge in [0.25, 0.3) is 0 Å². The van der Waals surface area contributed by atoms with Crippen molar-refractivity contribution in [3.63, 3.8) is 0 Å². The average Bonchev–Trinajstić information content (AvgIpc) is 2.90. The van der Waals surface area contributed by atoms with E-state index in [-0.39, 0.29) is 11.3 Å². The number of rotatable bonds is 4. The standard InChI is InChI=1S/C13H24N2O/c1-13(7-9-14-10-13)12(16)15-8-6-11-4-2-3-5-11/h11,14H,2-10H2,1H3,(H,15,16). The molecule has 3 nitrogen and oxygen atoms in total. The Bertz CT molecular complexity index is 240. The predicted molar refractivity (Wildman–Crippen MR) is 65.2 cm³/mol. The summed E-state index contributed by atoms with van der Waals surface area (Å²) < 4.78 is 0. The van der Waals surface area contributed by atoms with Crippen LogP contribution in [0.2, 0.25) is 0 Å². The molecule has 2 N–H and O–H groups in total. The number of carbonyl (C=O) groups excluding carboxylic acids is 1. The Morgan fingerprint density at radius 1 is 1.44 bits per heavy atom. The van der Waals surface area contributed by atoms with Crippen LogP contribution in [0.4, 0.5) is 0 Å².